The van der Waals surface area contributed by atoms with Gasteiger partial charge < -0.3 is 10.5 Å². The molecule has 0 bridgehead atoms. The van der Waals surface area contributed by atoms with Gasteiger partial charge in [0, 0.05) is 11.6 Å². The van der Waals surface area contributed by atoms with Gasteiger partial charge in [0.2, 0.25) is 0 Å². The van der Waals surface area contributed by atoms with Gasteiger partial charge in [-0.3, -0.25) is 0 Å². The lowest BCUT2D eigenvalue weighted by molar-refractivity contribution is 0.400. The average molecular weight is 283 g/mol. The minimum absolute atomic E-state index is 0.000512. The van der Waals surface area contributed by atoms with Gasteiger partial charge in [0.1, 0.15) is 5.75 Å². The molecule has 0 saturated carbocycles. The van der Waals surface area contributed by atoms with Crippen molar-refractivity contribution in [3.63, 3.8) is 0 Å². The lowest BCUT2D eigenvalue weighted by Gasteiger charge is -2.19. The van der Waals surface area contributed by atoms with E-state index in [1.165, 1.54) is 22.3 Å². The number of hydrogen-bond acceptors (Lipinski definition) is 2. The Morgan fingerprint density at radius 2 is 1.67 bits per heavy atom. The number of rotatable bonds is 5. The molecule has 21 heavy (non-hydrogen) atoms. The summed E-state index contributed by atoms with van der Waals surface area (Å²) >= 11 is 0. The molecule has 0 radical (unpaired) electrons. The first-order valence-corrected chi connectivity index (χ1v) is 7.48. The highest BCUT2D eigenvalue weighted by atomic mass is 16.5. The van der Waals surface area contributed by atoms with E-state index >= 15 is 0 Å². The van der Waals surface area contributed by atoms with Crippen LogP contribution in [0.1, 0.15) is 40.3 Å². The van der Waals surface area contributed by atoms with Crippen molar-refractivity contribution in [3.8, 4) is 5.75 Å². The molecule has 0 aliphatic rings. The van der Waals surface area contributed by atoms with Crippen molar-refractivity contribution in [2.24, 2.45) is 5.73 Å². The number of ether oxygens (including phenoxy) is 1. The molecule has 0 amide bonds. The fourth-order valence-corrected chi connectivity index (χ4v) is 2.61. The van der Waals surface area contributed by atoms with E-state index in [4.69, 9.17) is 10.5 Å². The smallest absolute Gasteiger partial charge is 0.126 e. The SMILES string of the molecule is COc1c(C(N)CCc2ccc(C)cc2)ccc(C)c1C. The molecule has 0 aromatic heterocycles. The summed E-state index contributed by atoms with van der Waals surface area (Å²) in [6, 6.07) is 12.9. The van der Waals surface area contributed by atoms with Gasteiger partial charge in [0.25, 0.3) is 0 Å². The maximum atomic E-state index is 6.39. The molecule has 0 fully saturated rings. The normalized spacial score (nSPS) is 12.2. The summed E-state index contributed by atoms with van der Waals surface area (Å²) in [5.41, 5.74) is 12.5. The Labute approximate surface area is 127 Å². The summed E-state index contributed by atoms with van der Waals surface area (Å²) in [7, 11) is 1.72. The van der Waals surface area contributed by atoms with Crippen molar-refractivity contribution in [2.75, 3.05) is 7.11 Å². The molecule has 2 N–H and O–H groups in total. The van der Waals surface area contributed by atoms with Gasteiger partial charge in [0.05, 0.1) is 7.11 Å². The highest BCUT2D eigenvalue weighted by Crippen LogP contribution is 2.31. The lowest BCUT2D eigenvalue weighted by Crippen LogP contribution is -2.13. The van der Waals surface area contributed by atoms with E-state index in [2.05, 4.69) is 57.2 Å². The number of aryl methyl sites for hydroxylation is 3. The van der Waals surface area contributed by atoms with Crippen LogP contribution in [0.5, 0.6) is 5.75 Å². The second-order valence-corrected chi connectivity index (χ2v) is 5.76. The fraction of sp³-hybridized carbons (Fsp3) is 0.368. The Bertz CT molecular complexity index is 602. The number of hydrogen-bond donors (Lipinski definition) is 1. The van der Waals surface area contributed by atoms with Crippen LogP contribution in [0.4, 0.5) is 0 Å². The van der Waals surface area contributed by atoms with E-state index in [-0.39, 0.29) is 6.04 Å². The van der Waals surface area contributed by atoms with Gasteiger partial charge in [-0.25, -0.2) is 0 Å². The van der Waals surface area contributed by atoms with Crippen LogP contribution < -0.4 is 10.5 Å². The summed E-state index contributed by atoms with van der Waals surface area (Å²) < 4.78 is 5.57. The van der Waals surface area contributed by atoms with Crippen LogP contribution >= 0.6 is 0 Å². The van der Waals surface area contributed by atoms with Crippen molar-refractivity contribution < 1.29 is 4.74 Å². The minimum atomic E-state index is 0.000512. The molecule has 1 unspecified atom stereocenters. The van der Waals surface area contributed by atoms with E-state index in [1.54, 1.807) is 7.11 Å². The third-order valence-corrected chi connectivity index (χ3v) is 4.18. The van der Waals surface area contributed by atoms with Crippen LogP contribution in [0.15, 0.2) is 36.4 Å². The first-order valence-electron chi connectivity index (χ1n) is 7.48. The zero-order valence-corrected chi connectivity index (χ0v) is 13.4. The van der Waals surface area contributed by atoms with Crippen LogP contribution in [0.25, 0.3) is 0 Å². The van der Waals surface area contributed by atoms with Gasteiger partial charge in [0.15, 0.2) is 0 Å². The predicted octanol–water partition coefficient (Wildman–Crippen LogP) is 4.25. The van der Waals surface area contributed by atoms with Gasteiger partial charge >= 0.3 is 0 Å². The molecule has 2 nitrogen and oxygen atoms in total. The summed E-state index contributed by atoms with van der Waals surface area (Å²) in [6.07, 6.45) is 1.90. The Kier molecular flexibility index (Phi) is 5.03. The molecule has 1 atom stereocenters. The van der Waals surface area contributed by atoms with Crippen molar-refractivity contribution in [1.82, 2.24) is 0 Å². The number of methoxy groups -OCH3 is 1. The predicted molar refractivity (Wildman–Crippen MR) is 88.9 cm³/mol. The number of benzene rings is 2. The van der Waals surface area contributed by atoms with Crippen LogP contribution in [-0.4, -0.2) is 7.11 Å². The third-order valence-electron chi connectivity index (χ3n) is 4.18. The summed E-state index contributed by atoms with van der Waals surface area (Å²) in [4.78, 5) is 0. The van der Waals surface area contributed by atoms with Gasteiger partial charge in [-0.15, -0.1) is 0 Å². The molecule has 0 saturated heterocycles. The van der Waals surface area contributed by atoms with Crippen LogP contribution in [0.2, 0.25) is 0 Å². The van der Waals surface area contributed by atoms with Crippen molar-refractivity contribution >= 4 is 0 Å². The number of nitrogens with two attached hydrogens (primary N) is 1. The third kappa shape index (κ3) is 3.64. The second-order valence-electron chi connectivity index (χ2n) is 5.76. The first kappa shape index (κ1) is 15.6. The maximum absolute atomic E-state index is 6.39. The summed E-state index contributed by atoms with van der Waals surface area (Å²) in [5.74, 6) is 0.936. The first-order chi connectivity index (χ1) is 10.0. The Hall–Kier alpha value is -1.80. The molecule has 2 rings (SSSR count). The zero-order valence-electron chi connectivity index (χ0n) is 13.4. The lowest BCUT2D eigenvalue weighted by atomic mass is 9.95. The molecule has 0 aliphatic carbocycles. The minimum Gasteiger partial charge on any atom is -0.496 e. The summed E-state index contributed by atoms with van der Waals surface area (Å²) in [5, 5.41) is 0. The van der Waals surface area contributed by atoms with E-state index < -0.39 is 0 Å². The molecule has 112 valence electrons. The summed E-state index contributed by atoms with van der Waals surface area (Å²) in [6.45, 7) is 6.29. The van der Waals surface area contributed by atoms with Crippen molar-refractivity contribution in [1.29, 1.82) is 0 Å². The molecular weight excluding hydrogens is 258 g/mol. The van der Waals surface area contributed by atoms with Crippen LogP contribution in [-0.2, 0) is 6.42 Å². The van der Waals surface area contributed by atoms with Crippen molar-refractivity contribution in [2.45, 2.75) is 39.7 Å². The fourth-order valence-electron chi connectivity index (χ4n) is 2.61. The van der Waals surface area contributed by atoms with Crippen LogP contribution in [0, 0.1) is 20.8 Å². The van der Waals surface area contributed by atoms with E-state index in [0.29, 0.717) is 0 Å². The molecule has 0 spiro atoms. The van der Waals surface area contributed by atoms with Gasteiger partial charge in [-0.1, -0.05) is 42.0 Å². The standard InChI is InChI=1S/C19H25NO/c1-13-5-8-16(9-6-13)10-12-18(20)17-11-7-14(2)15(3)19(17)21-4/h5-9,11,18H,10,12,20H2,1-4H3. The molecule has 0 heterocycles. The topological polar surface area (TPSA) is 35.2 Å². The van der Waals surface area contributed by atoms with Crippen molar-refractivity contribution in [3.05, 3.63) is 64.2 Å². The van der Waals surface area contributed by atoms with E-state index in [1.807, 2.05) is 0 Å². The zero-order chi connectivity index (χ0) is 15.4. The van der Waals surface area contributed by atoms with Gasteiger partial charge in [-0.05, 0) is 50.3 Å². The highest BCUT2D eigenvalue weighted by molar-refractivity contribution is 5.46. The molecule has 2 aromatic rings. The Morgan fingerprint density at radius 3 is 2.29 bits per heavy atom. The average Bonchev–Trinajstić information content (AvgIpc) is 2.49. The molecule has 2 aromatic carbocycles. The van der Waals surface area contributed by atoms with Gasteiger partial charge in [-0.2, -0.15) is 0 Å². The molecule has 0 aliphatic heterocycles. The monoisotopic (exact) mass is 283 g/mol. The Morgan fingerprint density at radius 1 is 1.00 bits per heavy atom. The Balaban J connectivity index is 2.11. The highest BCUT2D eigenvalue weighted by Gasteiger charge is 2.15. The second kappa shape index (κ2) is 6.77. The van der Waals surface area contributed by atoms with E-state index in [0.717, 1.165) is 24.2 Å². The largest absolute Gasteiger partial charge is 0.496 e. The molecular formula is C19H25NO. The molecule has 2 heteroatoms. The van der Waals surface area contributed by atoms with Crippen LogP contribution in [0.3, 0.4) is 0 Å². The maximum Gasteiger partial charge on any atom is 0.126 e. The van der Waals surface area contributed by atoms with E-state index in [9.17, 15) is 0 Å². The quantitative estimate of drug-likeness (QED) is 0.890.